The minimum absolute atomic E-state index is 0.0751. The lowest BCUT2D eigenvalue weighted by atomic mass is 10.0. The van der Waals surface area contributed by atoms with Crippen LogP contribution in [0.4, 0.5) is 4.39 Å². The van der Waals surface area contributed by atoms with Crippen LogP contribution in [-0.2, 0) is 17.8 Å². The molecule has 1 aliphatic heterocycles. The third-order valence-corrected chi connectivity index (χ3v) is 5.46. The number of carboxylic acid groups (broad SMARTS) is 1. The van der Waals surface area contributed by atoms with Crippen molar-refractivity contribution in [2.45, 2.75) is 38.3 Å². The van der Waals surface area contributed by atoms with Crippen molar-refractivity contribution in [2.75, 3.05) is 13.2 Å². The van der Waals surface area contributed by atoms with Gasteiger partial charge >= 0.3 is 5.97 Å². The number of aliphatic carboxylic acids is 1. The first-order valence-corrected chi connectivity index (χ1v) is 10.4. The van der Waals surface area contributed by atoms with Crippen molar-refractivity contribution >= 4 is 5.97 Å². The molecule has 3 aromatic rings. The van der Waals surface area contributed by atoms with Crippen molar-refractivity contribution < 1.29 is 23.4 Å². The number of halogens is 1. The number of oxazole rings is 1. The molecule has 0 amide bonds. The Hall–Kier alpha value is -3.19. The molecule has 162 valence electrons. The molecule has 1 atom stereocenters. The Morgan fingerprint density at radius 1 is 1.19 bits per heavy atom. The van der Waals surface area contributed by atoms with Crippen LogP contribution in [0.5, 0.6) is 5.75 Å². The van der Waals surface area contributed by atoms with Crippen molar-refractivity contribution in [3.8, 4) is 5.75 Å². The summed E-state index contributed by atoms with van der Waals surface area (Å²) in [5, 5.41) is 8.72. The van der Waals surface area contributed by atoms with Crippen LogP contribution in [0.2, 0.25) is 0 Å². The fourth-order valence-electron chi connectivity index (χ4n) is 3.92. The van der Waals surface area contributed by atoms with Gasteiger partial charge in [-0.25, -0.2) is 14.2 Å². The highest BCUT2D eigenvalue weighted by molar-refractivity contribution is 5.68. The van der Waals surface area contributed by atoms with E-state index in [4.69, 9.17) is 14.3 Å². The van der Waals surface area contributed by atoms with Gasteiger partial charge in [-0.05, 0) is 48.7 Å². The Balaban J connectivity index is 1.42. The third kappa shape index (κ3) is 5.49. The highest BCUT2D eigenvalue weighted by Gasteiger charge is 2.28. The molecule has 6 nitrogen and oxygen atoms in total. The van der Waals surface area contributed by atoms with E-state index in [1.165, 1.54) is 6.07 Å². The predicted octanol–water partition coefficient (Wildman–Crippen LogP) is 4.60. The van der Waals surface area contributed by atoms with Crippen molar-refractivity contribution in [1.82, 2.24) is 9.88 Å². The molecule has 2 heterocycles. The highest BCUT2D eigenvalue weighted by Crippen LogP contribution is 2.32. The first-order chi connectivity index (χ1) is 15.1. The number of aromatic nitrogens is 1. The summed E-state index contributed by atoms with van der Waals surface area (Å²) in [4.78, 5) is 17.5. The number of hydrogen-bond acceptors (Lipinski definition) is 5. The van der Waals surface area contributed by atoms with Gasteiger partial charge in [0.1, 0.15) is 17.3 Å². The zero-order valence-electron chi connectivity index (χ0n) is 17.2. The van der Waals surface area contributed by atoms with Crippen molar-refractivity contribution in [3.05, 3.63) is 83.3 Å². The molecule has 0 unspecified atom stereocenters. The molecule has 7 heteroatoms. The van der Waals surface area contributed by atoms with Crippen LogP contribution >= 0.6 is 0 Å². The number of rotatable bonds is 8. The molecule has 1 saturated heterocycles. The monoisotopic (exact) mass is 424 g/mol. The average Bonchev–Trinajstić information content (AvgIpc) is 3.23. The van der Waals surface area contributed by atoms with E-state index in [-0.39, 0.29) is 18.5 Å². The van der Waals surface area contributed by atoms with E-state index >= 15 is 0 Å². The van der Waals surface area contributed by atoms with Crippen LogP contribution in [0, 0.1) is 5.82 Å². The Bertz CT molecular complexity index is 1020. The van der Waals surface area contributed by atoms with Crippen molar-refractivity contribution in [3.63, 3.8) is 0 Å². The summed E-state index contributed by atoms with van der Waals surface area (Å²) >= 11 is 0. The maximum absolute atomic E-state index is 13.9. The number of piperidine rings is 1. The number of nitrogens with zero attached hydrogens (tertiary/aromatic N) is 2. The number of benzene rings is 2. The lowest BCUT2D eigenvalue weighted by Gasteiger charge is -2.33. The molecule has 1 aromatic heterocycles. The maximum Gasteiger partial charge on any atom is 0.341 e. The van der Waals surface area contributed by atoms with Gasteiger partial charge in [-0.3, -0.25) is 4.90 Å². The summed E-state index contributed by atoms with van der Waals surface area (Å²) in [5.74, 6) is 0.626. The Morgan fingerprint density at radius 3 is 2.77 bits per heavy atom. The minimum Gasteiger partial charge on any atom is -0.482 e. The average molecular weight is 424 g/mol. The molecule has 0 aliphatic carbocycles. The van der Waals surface area contributed by atoms with Gasteiger partial charge in [0.05, 0.1) is 12.2 Å². The lowest BCUT2D eigenvalue weighted by Crippen LogP contribution is -2.33. The second kappa shape index (κ2) is 9.75. The number of carbonyl (C=O) groups is 1. The standard InChI is InChI=1S/C24H25FN2O4/c25-21-6-2-1-5-18(21)13-20-14-26-24(31-20)22-7-3-4-12-27(22)15-17-8-10-19(11-9-17)30-16-23(28)29/h1-2,5-6,8-11,14,22H,3-4,7,12-13,15-16H2,(H,28,29)/t22-/m0/s1. The van der Waals surface area contributed by atoms with Crippen LogP contribution in [0.15, 0.2) is 59.1 Å². The Labute approximate surface area is 180 Å². The van der Waals surface area contributed by atoms with Gasteiger partial charge in [-0.15, -0.1) is 0 Å². The van der Waals surface area contributed by atoms with Gasteiger partial charge in [0, 0.05) is 13.0 Å². The van der Waals surface area contributed by atoms with Crippen LogP contribution in [-0.4, -0.2) is 34.1 Å². The van der Waals surface area contributed by atoms with E-state index in [1.807, 2.05) is 18.2 Å². The number of likely N-dealkylation sites (tertiary alicyclic amines) is 1. The molecule has 0 radical (unpaired) electrons. The summed E-state index contributed by atoms with van der Waals surface area (Å²) < 4.78 is 25.2. The fourth-order valence-corrected chi connectivity index (χ4v) is 3.92. The molecular formula is C24H25FN2O4. The highest BCUT2D eigenvalue weighted by atomic mass is 19.1. The molecule has 1 fully saturated rings. The van der Waals surface area contributed by atoms with Crippen LogP contribution in [0.25, 0.3) is 0 Å². The predicted molar refractivity (Wildman–Crippen MR) is 112 cm³/mol. The summed E-state index contributed by atoms with van der Waals surface area (Å²) in [6.07, 6.45) is 5.25. The van der Waals surface area contributed by atoms with Crippen LogP contribution in [0.3, 0.4) is 0 Å². The molecule has 2 aromatic carbocycles. The number of carboxylic acids is 1. The first-order valence-electron chi connectivity index (χ1n) is 10.4. The van der Waals surface area contributed by atoms with Gasteiger partial charge in [-0.1, -0.05) is 36.8 Å². The Kier molecular flexibility index (Phi) is 6.62. The smallest absolute Gasteiger partial charge is 0.341 e. The molecule has 0 saturated carbocycles. The number of ether oxygens (including phenoxy) is 1. The van der Waals surface area contributed by atoms with E-state index in [1.54, 1.807) is 30.5 Å². The van der Waals surface area contributed by atoms with E-state index in [2.05, 4.69) is 9.88 Å². The molecule has 0 bridgehead atoms. The zero-order valence-corrected chi connectivity index (χ0v) is 17.2. The summed E-state index contributed by atoms with van der Waals surface area (Å²) in [6.45, 7) is 1.31. The van der Waals surface area contributed by atoms with Crippen molar-refractivity contribution in [2.24, 2.45) is 0 Å². The van der Waals surface area contributed by atoms with Gasteiger partial charge in [0.15, 0.2) is 6.61 Å². The number of hydrogen-bond donors (Lipinski definition) is 1. The van der Waals surface area contributed by atoms with Crippen LogP contribution < -0.4 is 4.74 Å². The third-order valence-electron chi connectivity index (χ3n) is 5.46. The summed E-state index contributed by atoms with van der Waals surface area (Å²) in [6, 6.07) is 14.2. The normalized spacial score (nSPS) is 16.9. The zero-order chi connectivity index (χ0) is 21.6. The second-order valence-electron chi connectivity index (χ2n) is 7.74. The topological polar surface area (TPSA) is 75.8 Å². The molecule has 4 rings (SSSR count). The van der Waals surface area contributed by atoms with E-state index < -0.39 is 5.97 Å². The fraction of sp³-hybridized carbons (Fsp3) is 0.333. The van der Waals surface area contributed by atoms with Crippen molar-refractivity contribution in [1.29, 1.82) is 0 Å². The molecule has 1 aliphatic rings. The van der Waals surface area contributed by atoms with E-state index in [0.717, 1.165) is 37.9 Å². The maximum atomic E-state index is 13.9. The molecular weight excluding hydrogens is 399 g/mol. The quantitative estimate of drug-likeness (QED) is 0.570. The van der Waals surface area contributed by atoms with Gasteiger partial charge in [0.25, 0.3) is 0 Å². The van der Waals surface area contributed by atoms with E-state index in [9.17, 15) is 9.18 Å². The molecule has 31 heavy (non-hydrogen) atoms. The van der Waals surface area contributed by atoms with E-state index in [0.29, 0.717) is 29.4 Å². The largest absolute Gasteiger partial charge is 0.482 e. The lowest BCUT2D eigenvalue weighted by molar-refractivity contribution is -0.139. The summed E-state index contributed by atoms with van der Waals surface area (Å²) in [7, 11) is 0. The molecule has 1 N–H and O–H groups in total. The Morgan fingerprint density at radius 2 is 2.00 bits per heavy atom. The van der Waals surface area contributed by atoms with Gasteiger partial charge in [0.2, 0.25) is 5.89 Å². The van der Waals surface area contributed by atoms with Gasteiger partial charge in [-0.2, -0.15) is 0 Å². The SMILES string of the molecule is O=C(O)COc1ccc(CN2CCCC[C@H]2c2ncc(Cc3ccccc3F)o2)cc1. The second-order valence-corrected chi connectivity index (χ2v) is 7.74. The summed E-state index contributed by atoms with van der Waals surface area (Å²) in [5.41, 5.74) is 1.70. The van der Waals surface area contributed by atoms with Gasteiger partial charge < -0.3 is 14.3 Å². The van der Waals surface area contributed by atoms with Crippen LogP contribution in [0.1, 0.15) is 48.1 Å². The minimum atomic E-state index is -0.999. The first kappa shape index (κ1) is 21.1. The molecule has 0 spiro atoms.